The molecule has 0 aliphatic heterocycles. The van der Waals surface area contributed by atoms with Crippen molar-refractivity contribution in [1.82, 2.24) is 0 Å². The molecule has 0 unspecified atom stereocenters. The van der Waals surface area contributed by atoms with Gasteiger partial charge in [-0.15, -0.1) is 0 Å². The van der Waals surface area contributed by atoms with Crippen molar-refractivity contribution in [3.63, 3.8) is 0 Å². The van der Waals surface area contributed by atoms with Crippen LogP contribution in [0, 0.1) is 11.2 Å². The Morgan fingerprint density at radius 2 is 1.95 bits per heavy atom. The SMILES string of the molecule is N=C(N)c1ccc(OCc2ccc3c(c2)CCC3)c(F)c1. The molecule has 2 aromatic carbocycles. The summed E-state index contributed by atoms with van der Waals surface area (Å²) in [5.74, 6) is -0.469. The zero-order chi connectivity index (χ0) is 14.8. The van der Waals surface area contributed by atoms with E-state index in [2.05, 4.69) is 12.1 Å². The van der Waals surface area contributed by atoms with Gasteiger partial charge in [-0.25, -0.2) is 4.39 Å². The number of nitrogens with one attached hydrogen (secondary N) is 1. The van der Waals surface area contributed by atoms with E-state index in [4.69, 9.17) is 15.9 Å². The summed E-state index contributed by atoms with van der Waals surface area (Å²) in [6, 6.07) is 10.6. The highest BCUT2D eigenvalue weighted by molar-refractivity contribution is 5.95. The van der Waals surface area contributed by atoms with E-state index >= 15 is 0 Å². The number of halogens is 1. The Hall–Kier alpha value is -2.36. The Balaban J connectivity index is 1.71. The molecule has 0 saturated heterocycles. The molecule has 3 N–H and O–H groups in total. The molecule has 0 atom stereocenters. The summed E-state index contributed by atoms with van der Waals surface area (Å²) in [5, 5.41) is 7.28. The van der Waals surface area contributed by atoms with E-state index in [1.165, 1.54) is 29.7 Å². The number of fused-ring (bicyclic) bond motifs is 1. The van der Waals surface area contributed by atoms with Crippen LogP contribution in [0.5, 0.6) is 5.75 Å². The van der Waals surface area contributed by atoms with Gasteiger partial charge < -0.3 is 10.5 Å². The lowest BCUT2D eigenvalue weighted by molar-refractivity contribution is 0.290. The number of aryl methyl sites for hydroxylation is 2. The Labute approximate surface area is 123 Å². The summed E-state index contributed by atoms with van der Waals surface area (Å²) in [6.07, 6.45) is 3.48. The zero-order valence-corrected chi connectivity index (χ0v) is 11.7. The third-order valence-electron chi connectivity index (χ3n) is 3.80. The Kier molecular flexibility index (Phi) is 3.60. The van der Waals surface area contributed by atoms with Gasteiger partial charge in [-0.3, -0.25) is 5.41 Å². The number of benzene rings is 2. The molecule has 4 heteroatoms. The number of ether oxygens (including phenoxy) is 1. The fourth-order valence-corrected chi connectivity index (χ4v) is 2.66. The smallest absolute Gasteiger partial charge is 0.165 e. The van der Waals surface area contributed by atoms with Gasteiger partial charge in [0.05, 0.1) is 0 Å². The van der Waals surface area contributed by atoms with Crippen molar-refractivity contribution in [3.05, 3.63) is 64.5 Å². The number of rotatable bonds is 4. The second kappa shape index (κ2) is 5.56. The predicted octanol–water partition coefficient (Wildman–Crippen LogP) is 3.18. The molecule has 21 heavy (non-hydrogen) atoms. The summed E-state index contributed by atoms with van der Waals surface area (Å²) >= 11 is 0. The minimum Gasteiger partial charge on any atom is -0.486 e. The van der Waals surface area contributed by atoms with Crippen molar-refractivity contribution in [3.8, 4) is 5.75 Å². The van der Waals surface area contributed by atoms with E-state index < -0.39 is 5.82 Å². The average molecular weight is 284 g/mol. The maximum atomic E-state index is 13.9. The first-order chi connectivity index (χ1) is 10.1. The molecule has 0 bridgehead atoms. The lowest BCUT2D eigenvalue weighted by atomic mass is 10.1. The third-order valence-corrected chi connectivity index (χ3v) is 3.80. The molecule has 0 spiro atoms. The largest absolute Gasteiger partial charge is 0.486 e. The third kappa shape index (κ3) is 2.89. The van der Waals surface area contributed by atoms with Gasteiger partial charge in [-0.05, 0) is 54.2 Å². The molecule has 3 rings (SSSR count). The first-order valence-corrected chi connectivity index (χ1v) is 7.01. The quantitative estimate of drug-likeness (QED) is 0.669. The van der Waals surface area contributed by atoms with Gasteiger partial charge in [0.25, 0.3) is 0 Å². The van der Waals surface area contributed by atoms with E-state index in [1.807, 2.05) is 6.07 Å². The number of hydrogen-bond donors (Lipinski definition) is 2. The number of amidine groups is 1. The Morgan fingerprint density at radius 3 is 2.71 bits per heavy atom. The normalized spacial score (nSPS) is 13.0. The second-order valence-electron chi connectivity index (χ2n) is 5.30. The molecular weight excluding hydrogens is 267 g/mol. The number of nitrogens with two attached hydrogens (primary N) is 1. The highest BCUT2D eigenvalue weighted by Gasteiger charge is 2.11. The van der Waals surface area contributed by atoms with Crippen LogP contribution in [-0.4, -0.2) is 5.84 Å². The summed E-state index contributed by atoms with van der Waals surface area (Å²) in [7, 11) is 0. The first-order valence-electron chi connectivity index (χ1n) is 7.01. The molecule has 0 saturated carbocycles. The molecule has 0 aromatic heterocycles. The van der Waals surface area contributed by atoms with Gasteiger partial charge in [0.1, 0.15) is 12.4 Å². The topological polar surface area (TPSA) is 59.1 Å². The monoisotopic (exact) mass is 284 g/mol. The van der Waals surface area contributed by atoms with Crippen LogP contribution in [0.4, 0.5) is 4.39 Å². The summed E-state index contributed by atoms with van der Waals surface area (Å²) in [5.41, 5.74) is 9.52. The highest BCUT2D eigenvalue weighted by Crippen LogP contribution is 2.24. The van der Waals surface area contributed by atoms with Crippen molar-refractivity contribution in [2.24, 2.45) is 5.73 Å². The van der Waals surface area contributed by atoms with Crippen molar-refractivity contribution < 1.29 is 9.13 Å². The van der Waals surface area contributed by atoms with Gasteiger partial charge in [0.15, 0.2) is 11.6 Å². The van der Waals surface area contributed by atoms with Gasteiger partial charge in [-0.2, -0.15) is 0 Å². The molecule has 0 radical (unpaired) electrons. The van der Waals surface area contributed by atoms with Crippen LogP contribution < -0.4 is 10.5 Å². The van der Waals surface area contributed by atoms with E-state index in [9.17, 15) is 4.39 Å². The van der Waals surface area contributed by atoms with Gasteiger partial charge in [0, 0.05) is 5.56 Å². The second-order valence-corrected chi connectivity index (χ2v) is 5.30. The summed E-state index contributed by atoms with van der Waals surface area (Å²) in [6.45, 7) is 0.337. The van der Waals surface area contributed by atoms with E-state index in [0.29, 0.717) is 12.2 Å². The zero-order valence-electron chi connectivity index (χ0n) is 11.7. The number of hydrogen-bond acceptors (Lipinski definition) is 2. The van der Waals surface area contributed by atoms with Crippen LogP contribution in [0.3, 0.4) is 0 Å². The van der Waals surface area contributed by atoms with Crippen molar-refractivity contribution in [2.45, 2.75) is 25.9 Å². The van der Waals surface area contributed by atoms with Crippen LogP contribution in [0.1, 0.15) is 28.7 Å². The summed E-state index contributed by atoms with van der Waals surface area (Å²) < 4.78 is 19.4. The predicted molar refractivity (Wildman–Crippen MR) is 80.2 cm³/mol. The van der Waals surface area contributed by atoms with Crippen LogP contribution >= 0.6 is 0 Å². The van der Waals surface area contributed by atoms with Crippen LogP contribution in [0.15, 0.2) is 36.4 Å². The lowest BCUT2D eigenvalue weighted by Crippen LogP contribution is -2.11. The fourth-order valence-electron chi connectivity index (χ4n) is 2.66. The Bertz CT molecular complexity index is 697. The van der Waals surface area contributed by atoms with Gasteiger partial charge in [-0.1, -0.05) is 18.2 Å². The average Bonchev–Trinajstić information content (AvgIpc) is 2.93. The lowest BCUT2D eigenvalue weighted by Gasteiger charge is -2.09. The van der Waals surface area contributed by atoms with Crippen LogP contribution in [0.25, 0.3) is 0 Å². The minimum atomic E-state index is -0.496. The van der Waals surface area contributed by atoms with E-state index in [1.54, 1.807) is 6.07 Å². The molecule has 3 nitrogen and oxygen atoms in total. The van der Waals surface area contributed by atoms with Crippen molar-refractivity contribution >= 4 is 5.84 Å². The standard InChI is InChI=1S/C17H17FN2O/c18-15-9-14(17(19)20)6-7-16(15)21-10-11-4-5-12-2-1-3-13(12)8-11/h4-9H,1-3,10H2,(H3,19,20). The fraction of sp³-hybridized carbons (Fsp3) is 0.235. The summed E-state index contributed by atoms with van der Waals surface area (Å²) in [4.78, 5) is 0. The van der Waals surface area contributed by atoms with E-state index in [-0.39, 0.29) is 11.6 Å². The maximum absolute atomic E-state index is 13.9. The minimum absolute atomic E-state index is 0.154. The van der Waals surface area contributed by atoms with Crippen molar-refractivity contribution in [2.75, 3.05) is 0 Å². The molecule has 0 heterocycles. The maximum Gasteiger partial charge on any atom is 0.165 e. The van der Waals surface area contributed by atoms with Crippen LogP contribution in [-0.2, 0) is 19.4 Å². The highest BCUT2D eigenvalue weighted by atomic mass is 19.1. The van der Waals surface area contributed by atoms with Gasteiger partial charge >= 0.3 is 0 Å². The molecule has 0 amide bonds. The molecule has 1 aliphatic carbocycles. The number of nitrogen functional groups attached to an aromatic ring is 1. The molecule has 0 fully saturated rings. The molecular formula is C17H17FN2O. The van der Waals surface area contributed by atoms with Crippen LogP contribution in [0.2, 0.25) is 0 Å². The van der Waals surface area contributed by atoms with Gasteiger partial charge in [0.2, 0.25) is 0 Å². The molecule has 2 aromatic rings. The molecule has 1 aliphatic rings. The first kappa shape index (κ1) is 13.6. The van der Waals surface area contributed by atoms with E-state index in [0.717, 1.165) is 18.4 Å². The Morgan fingerprint density at radius 1 is 1.14 bits per heavy atom. The molecule has 108 valence electrons. The van der Waals surface area contributed by atoms with Crippen molar-refractivity contribution in [1.29, 1.82) is 5.41 Å².